The first kappa shape index (κ1) is 21.2. The maximum absolute atomic E-state index is 9.18. The summed E-state index contributed by atoms with van der Waals surface area (Å²) in [5.41, 5.74) is 1.71. The summed E-state index contributed by atoms with van der Waals surface area (Å²) in [5, 5.41) is 9.72. The molecule has 0 fully saturated rings. The van der Waals surface area contributed by atoms with Crippen LogP contribution in [0.4, 0.5) is 0 Å². The number of rotatable bonds is 5. The lowest BCUT2D eigenvalue weighted by Crippen LogP contribution is -2.18. The highest BCUT2D eigenvalue weighted by Crippen LogP contribution is 2.24. The van der Waals surface area contributed by atoms with Crippen LogP contribution in [0.15, 0.2) is 34.4 Å². The van der Waals surface area contributed by atoms with Gasteiger partial charge in [-0.05, 0) is 63.3 Å². The zero-order chi connectivity index (χ0) is 20.0. The van der Waals surface area contributed by atoms with Crippen molar-refractivity contribution in [3.63, 3.8) is 0 Å². The van der Waals surface area contributed by atoms with Gasteiger partial charge in [-0.3, -0.25) is 3.96 Å². The number of ether oxygens (including phenoxy) is 1. The zero-order valence-electron chi connectivity index (χ0n) is 16.4. The summed E-state index contributed by atoms with van der Waals surface area (Å²) in [7, 11) is 1.57. The summed E-state index contributed by atoms with van der Waals surface area (Å²) in [6.07, 6.45) is 7.11. The topological polar surface area (TPSA) is 62.7 Å². The minimum absolute atomic E-state index is 0.0420. The summed E-state index contributed by atoms with van der Waals surface area (Å²) in [6.45, 7) is 8.63. The fourth-order valence-electron chi connectivity index (χ4n) is 2.48. The van der Waals surface area contributed by atoms with Crippen LogP contribution < -0.4 is 9.41 Å². The Hall–Kier alpha value is -2.10. The van der Waals surface area contributed by atoms with E-state index in [9.17, 15) is 5.26 Å². The van der Waals surface area contributed by atoms with E-state index in [0.717, 1.165) is 29.5 Å². The summed E-state index contributed by atoms with van der Waals surface area (Å²) >= 11 is 7.72. The molecule has 5 nitrogen and oxygen atoms in total. The Labute approximate surface area is 169 Å². The Bertz CT molecular complexity index is 929. The fraction of sp³-hybridized carbons (Fsp3) is 0.450. The largest absolute Gasteiger partial charge is 0.496 e. The second-order valence-corrected chi connectivity index (χ2v) is 8.54. The van der Waals surface area contributed by atoms with Gasteiger partial charge in [-0.2, -0.15) is 10.3 Å². The summed E-state index contributed by atoms with van der Waals surface area (Å²) in [5.74, 6) is 0.880. The zero-order valence-corrected chi connectivity index (χ0v) is 18.0. The predicted molar refractivity (Wildman–Crippen MR) is 112 cm³/mol. The van der Waals surface area contributed by atoms with Gasteiger partial charge < -0.3 is 4.74 Å². The van der Waals surface area contributed by atoms with E-state index in [4.69, 9.17) is 21.3 Å². The number of amidine groups is 1. The van der Waals surface area contributed by atoms with Gasteiger partial charge in [0.15, 0.2) is 5.84 Å². The highest BCUT2D eigenvalue weighted by atomic mass is 35.5. The third-order valence-electron chi connectivity index (χ3n) is 3.96. The van der Waals surface area contributed by atoms with E-state index in [-0.39, 0.29) is 5.54 Å². The van der Waals surface area contributed by atoms with Crippen LogP contribution in [0.25, 0.3) is 0 Å². The van der Waals surface area contributed by atoms with Gasteiger partial charge in [0.2, 0.25) is 6.19 Å². The number of nitriles is 1. The lowest BCUT2D eigenvalue weighted by molar-refractivity contribution is 0.414. The molecular formula is C20H25ClN4OS. The normalized spacial score (nSPS) is 12.9. The van der Waals surface area contributed by atoms with Crippen molar-refractivity contribution in [1.82, 2.24) is 3.96 Å². The monoisotopic (exact) mass is 404 g/mol. The minimum atomic E-state index is -0.0420. The number of halogens is 1. The SMILES string of the molecule is CCCCc1cn(C(C)(C)C)sc1=NC(=NC#N)c1cc(Cl)ccc1OC. The van der Waals surface area contributed by atoms with Gasteiger partial charge in [0, 0.05) is 22.3 Å². The molecule has 1 aromatic carbocycles. The molecule has 2 rings (SSSR count). The first-order valence-electron chi connectivity index (χ1n) is 8.88. The Kier molecular flexibility index (Phi) is 7.23. The van der Waals surface area contributed by atoms with Crippen LogP contribution in [0.5, 0.6) is 5.75 Å². The first-order valence-corrected chi connectivity index (χ1v) is 10.0. The number of unbranched alkanes of at least 4 members (excludes halogenated alkanes) is 1. The number of aromatic nitrogens is 1. The van der Waals surface area contributed by atoms with Gasteiger partial charge in [-0.15, -0.1) is 0 Å². The van der Waals surface area contributed by atoms with Crippen molar-refractivity contribution in [1.29, 1.82) is 5.26 Å². The Morgan fingerprint density at radius 1 is 1.37 bits per heavy atom. The smallest absolute Gasteiger partial charge is 0.207 e. The van der Waals surface area contributed by atoms with Gasteiger partial charge >= 0.3 is 0 Å². The van der Waals surface area contributed by atoms with Crippen LogP contribution in [-0.2, 0) is 12.0 Å². The molecule has 0 saturated heterocycles. The molecule has 0 unspecified atom stereocenters. The quantitative estimate of drug-likeness (QED) is 0.393. The van der Waals surface area contributed by atoms with Crippen molar-refractivity contribution in [2.24, 2.45) is 9.98 Å². The molecule has 0 aliphatic carbocycles. The minimum Gasteiger partial charge on any atom is -0.496 e. The van der Waals surface area contributed by atoms with E-state index in [0.29, 0.717) is 22.2 Å². The first-order chi connectivity index (χ1) is 12.8. The number of hydrogen-bond acceptors (Lipinski definition) is 4. The molecule has 0 radical (unpaired) electrons. The second-order valence-electron chi connectivity index (χ2n) is 7.14. The van der Waals surface area contributed by atoms with Crippen molar-refractivity contribution < 1.29 is 4.74 Å². The Morgan fingerprint density at radius 3 is 2.70 bits per heavy atom. The van der Waals surface area contributed by atoms with E-state index >= 15 is 0 Å². The molecule has 27 heavy (non-hydrogen) atoms. The van der Waals surface area contributed by atoms with Gasteiger partial charge in [-0.1, -0.05) is 24.9 Å². The van der Waals surface area contributed by atoms with Gasteiger partial charge in [-0.25, -0.2) is 4.99 Å². The molecule has 0 saturated carbocycles. The number of nitrogens with zero attached hydrogens (tertiary/aromatic N) is 4. The van der Waals surface area contributed by atoms with Crippen molar-refractivity contribution in [3.05, 3.63) is 45.2 Å². The van der Waals surface area contributed by atoms with Crippen LogP contribution in [0.1, 0.15) is 51.7 Å². The van der Waals surface area contributed by atoms with E-state index < -0.39 is 0 Å². The molecule has 0 spiro atoms. The van der Waals surface area contributed by atoms with E-state index in [1.165, 1.54) is 0 Å². The lowest BCUT2D eigenvalue weighted by atomic mass is 10.1. The number of aliphatic imine (C=N–C) groups is 1. The fourth-order valence-corrected chi connectivity index (χ4v) is 3.69. The summed E-state index contributed by atoms with van der Waals surface area (Å²) in [6, 6.07) is 5.21. The molecule has 0 aliphatic rings. The molecule has 7 heteroatoms. The summed E-state index contributed by atoms with van der Waals surface area (Å²) in [4.78, 5) is 8.69. The van der Waals surface area contributed by atoms with Crippen LogP contribution in [0, 0.1) is 11.5 Å². The van der Waals surface area contributed by atoms with Crippen molar-refractivity contribution in [3.8, 4) is 11.9 Å². The maximum Gasteiger partial charge on any atom is 0.207 e. The second kappa shape index (κ2) is 9.20. The number of hydrogen-bond donors (Lipinski definition) is 0. The third-order valence-corrected chi connectivity index (χ3v) is 5.57. The van der Waals surface area contributed by atoms with Crippen molar-refractivity contribution in [2.75, 3.05) is 7.11 Å². The van der Waals surface area contributed by atoms with E-state index in [1.54, 1.807) is 36.8 Å². The van der Waals surface area contributed by atoms with Crippen LogP contribution in [0.3, 0.4) is 0 Å². The highest BCUT2D eigenvalue weighted by Gasteiger charge is 2.17. The van der Waals surface area contributed by atoms with E-state index in [1.807, 2.05) is 6.19 Å². The average molecular weight is 405 g/mol. The molecule has 1 heterocycles. The Morgan fingerprint density at radius 2 is 2.11 bits per heavy atom. The molecule has 0 amide bonds. The summed E-state index contributed by atoms with van der Waals surface area (Å²) < 4.78 is 8.46. The van der Waals surface area contributed by atoms with Crippen molar-refractivity contribution in [2.45, 2.75) is 52.5 Å². The number of aryl methyl sites for hydroxylation is 1. The molecule has 0 aliphatic heterocycles. The highest BCUT2D eigenvalue weighted by molar-refractivity contribution is 7.04. The van der Waals surface area contributed by atoms with Crippen LogP contribution >= 0.6 is 23.1 Å². The van der Waals surface area contributed by atoms with Crippen molar-refractivity contribution >= 4 is 29.0 Å². The van der Waals surface area contributed by atoms with E-state index in [2.05, 4.69) is 42.8 Å². The lowest BCUT2D eigenvalue weighted by Gasteiger charge is -2.19. The number of methoxy groups -OCH3 is 1. The van der Waals surface area contributed by atoms with Gasteiger partial charge in [0.05, 0.1) is 12.7 Å². The standard InChI is InChI=1S/C20H25ClN4OS/c1-6-7-8-14-12-25(20(2,3)4)27-19(14)24-18(23-13-22)16-11-15(21)9-10-17(16)26-5/h9-12H,6-8H2,1-5H3. The number of benzene rings is 1. The van der Waals surface area contributed by atoms with Crippen LogP contribution in [0.2, 0.25) is 5.02 Å². The molecule has 0 bridgehead atoms. The molecule has 0 atom stereocenters. The maximum atomic E-state index is 9.18. The third kappa shape index (κ3) is 5.44. The van der Waals surface area contributed by atoms with Crippen LogP contribution in [-0.4, -0.2) is 16.9 Å². The van der Waals surface area contributed by atoms with Gasteiger partial charge in [0.1, 0.15) is 10.4 Å². The average Bonchev–Trinajstić information content (AvgIpc) is 3.02. The Balaban J connectivity index is 2.66. The molecule has 2 aromatic rings. The molecule has 144 valence electrons. The molecule has 1 aromatic heterocycles. The molecular weight excluding hydrogens is 380 g/mol. The van der Waals surface area contributed by atoms with Gasteiger partial charge in [0.25, 0.3) is 0 Å². The molecule has 0 N–H and O–H groups in total. The predicted octanol–water partition coefficient (Wildman–Crippen LogP) is 5.14.